The number of amides is 2. The van der Waals surface area contributed by atoms with Gasteiger partial charge in [0.25, 0.3) is 0 Å². The first-order valence-corrected chi connectivity index (χ1v) is 6.57. The summed E-state index contributed by atoms with van der Waals surface area (Å²) in [5.41, 5.74) is 1.97. The van der Waals surface area contributed by atoms with Gasteiger partial charge in [0, 0.05) is 0 Å². The highest BCUT2D eigenvalue weighted by Crippen LogP contribution is 2.31. The Bertz CT molecular complexity index is 610. The van der Waals surface area contributed by atoms with Crippen molar-refractivity contribution in [2.24, 2.45) is 0 Å². The second-order valence-corrected chi connectivity index (χ2v) is 4.84. The monoisotopic (exact) mass is 274 g/mol. The summed E-state index contributed by atoms with van der Waals surface area (Å²) >= 11 is 0. The summed E-state index contributed by atoms with van der Waals surface area (Å²) in [6.07, 6.45) is 3.15. The Labute approximate surface area is 116 Å². The Morgan fingerprint density at radius 2 is 2.30 bits per heavy atom. The molecule has 3 rings (SSSR count). The van der Waals surface area contributed by atoms with Gasteiger partial charge in [-0.05, 0) is 48.2 Å². The molecule has 2 aromatic rings. The van der Waals surface area contributed by atoms with Gasteiger partial charge in [-0.15, -0.1) is 0 Å². The van der Waals surface area contributed by atoms with Crippen molar-refractivity contribution >= 4 is 6.03 Å². The van der Waals surface area contributed by atoms with Gasteiger partial charge in [0.15, 0.2) is 0 Å². The molecule has 2 N–H and O–H groups in total. The van der Waals surface area contributed by atoms with E-state index in [2.05, 4.69) is 10.6 Å². The molecule has 104 valence electrons. The number of carbonyl (C=O) groups is 1. The number of rotatable bonds is 3. The molecule has 4 nitrogen and oxygen atoms in total. The van der Waals surface area contributed by atoms with Gasteiger partial charge in [0.2, 0.25) is 0 Å². The van der Waals surface area contributed by atoms with Gasteiger partial charge in [-0.2, -0.15) is 0 Å². The number of hydrogen-bond acceptors (Lipinski definition) is 2. The van der Waals surface area contributed by atoms with Crippen molar-refractivity contribution in [2.75, 3.05) is 0 Å². The fourth-order valence-electron chi connectivity index (χ4n) is 2.53. The first kappa shape index (κ1) is 12.7. The van der Waals surface area contributed by atoms with Crippen LogP contribution in [0.5, 0.6) is 0 Å². The van der Waals surface area contributed by atoms with Crippen LogP contribution in [0.4, 0.5) is 9.18 Å². The van der Waals surface area contributed by atoms with Gasteiger partial charge in [-0.1, -0.05) is 6.07 Å². The van der Waals surface area contributed by atoms with Crippen LogP contribution in [0, 0.1) is 5.82 Å². The Balaban J connectivity index is 1.58. The molecule has 0 bridgehead atoms. The van der Waals surface area contributed by atoms with Crippen molar-refractivity contribution in [3.05, 3.63) is 59.3 Å². The average molecular weight is 274 g/mol. The van der Waals surface area contributed by atoms with Crippen molar-refractivity contribution < 1.29 is 13.6 Å². The van der Waals surface area contributed by atoms with Gasteiger partial charge < -0.3 is 15.1 Å². The second kappa shape index (κ2) is 5.36. The normalized spacial score (nSPS) is 16.8. The van der Waals surface area contributed by atoms with E-state index in [4.69, 9.17) is 4.42 Å². The molecular weight excluding hydrogens is 259 g/mol. The predicted molar refractivity (Wildman–Crippen MR) is 71.5 cm³/mol. The van der Waals surface area contributed by atoms with Gasteiger partial charge in [-0.25, -0.2) is 9.18 Å². The number of carbonyl (C=O) groups excluding carboxylic acids is 1. The number of aryl methyl sites for hydroxylation is 1. The summed E-state index contributed by atoms with van der Waals surface area (Å²) in [7, 11) is 0. The zero-order valence-electron chi connectivity index (χ0n) is 10.9. The van der Waals surface area contributed by atoms with Gasteiger partial charge >= 0.3 is 6.03 Å². The smallest absolute Gasteiger partial charge is 0.315 e. The van der Waals surface area contributed by atoms with Crippen molar-refractivity contribution in [2.45, 2.75) is 25.4 Å². The first-order valence-electron chi connectivity index (χ1n) is 6.57. The van der Waals surface area contributed by atoms with E-state index in [1.54, 1.807) is 24.5 Å². The molecule has 0 aliphatic heterocycles. The quantitative estimate of drug-likeness (QED) is 0.904. The van der Waals surface area contributed by atoms with Gasteiger partial charge in [-0.3, -0.25) is 0 Å². The molecule has 5 heteroatoms. The number of halogens is 1. The number of hydrogen-bond donors (Lipinski definition) is 2. The highest BCUT2D eigenvalue weighted by atomic mass is 19.1. The summed E-state index contributed by atoms with van der Waals surface area (Å²) in [6, 6.07) is 7.99. The Kier molecular flexibility index (Phi) is 3.41. The molecular formula is C15H15FN2O2. The maximum absolute atomic E-state index is 13.1. The lowest BCUT2D eigenvalue weighted by Gasteiger charge is -2.14. The Morgan fingerprint density at radius 3 is 3.10 bits per heavy atom. The highest BCUT2D eigenvalue weighted by Gasteiger charge is 2.24. The largest absolute Gasteiger partial charge is 0.467 e. The third-order valence-corrected chi connectivity index (χ3v) is 3.49. The molecule has 0 spiro atoms. The number of nitrogens with one attached hydrogen (secondary N) is 2. The Hall–Kier alpha value is -2.30. The van der Waals surface area contributed by atoms with Gasteiger partial charge in [0.05, 0.1) is 18.8 Å². The molecule has 2 amide bonds. The average Bonchev–Trinajstić information content (AvgIpc) is 3.06. The fraction of sp³-hybridized carbons (Fsp3) is 0.267. The molecule has 1 aliphatic rings. The summed E-state index contributed by atoms with van der Waals surface area (Å²) in [5.74, 6) is 0.473. The number of urea groups is 1. The molecule has 1 aromatic carbocycles. The number of fused-ring (bicyclic) bond motifs is 1. The molecule has 0 radical (unpaired) electrons. The third-order valence-electron chi connectivity index (χ3n) is 3.49. The minimum atomic E-state index is -0.247. The third kappa shape index (κ3) is 2.66. The van der Waals surface area contributed by atoms with Crippen molar-refractivity contribution in [3.8, 4) is 0 Å². The van der Waals surface area contributed by atoms with E-state index < -0.39 is 0 Å². The maximum Gasteiger partial charge on any atom is 0.315 e. The van der Waals surface area contributed by atoms with Crippen LogP contribution in [0.2, 0.25) is 0 Å². The van der Waals surface area contributed by atoms with E-state index in [9.17, 15) is 9.18 Å². The van der Waals surface area contributed by atoms with E-state index in [0.717, 1.165) is 24.0 Å². The van der Waals surface area contributed by atoms with E-state index >= 15 is 0 Å². The number of benzene rings is 1. The molecule has 1 aliphatic carbocycles. The predicted octanol–water partition coefficient (Wildman–Crippen LogP) is 2.91. The van der Waals surface area contributed by atoms with Crippen LogP contribution in [0.15, 0.2) is 41.0 Å². The lowest BCUT2D eigenvalue weighted by atomic mass is 10.1. The van der Waals surface area contributed by atoms with E-state index in [1.165, 1.54) is 12.1 Å². The minimum Gasteiger partial charge on any atom is -0.467 e. The van der Waals surface area contributed by atoms with Crippen molar-refractivity contribution in [3.63, 3.8) is 0 Å². The zero-order valence-corrected chi connectivity index (χ0v) is 10.9. The van der Waals surface area contributed by atoms with Crippen LogP contribution in [0.25, 0.3) is 0 Å². The van der Waals surface area contributed by atoms with Crippen LogP contribution >= 0.6 is 0 Å². The van der Waals surface area contributed by atoms with Crippen LogP contribution < -0.4 is 10.6 Å². The first-order chi connectivity index (χ1) is 9.72. The highest BCUT2D eigenvalue weighted by molar-refractivity contribution is 5.74. The molecule has 1 aromatic heterocycles. The summed E-state index contributed by atoms with van der Waals surface area (Å²) < 4.78 is 18.3. The zero-order chi connectivity index (χ0) is 13.9. The lowest BCUT2D eigenvalue weighted by Crippen LogP contribution is -2.36. The molecule has 0 saturated carbocycles. The minimum absolute atomic E-state index is 0.0535. The van der Waals surface area contributed by atoms with E-state index in [-0.39, 0.29) is 17.9 Å². The lowest BCUT2D eigenvalue weighted by molar-refractivity contribution is 0.235. The van der Waals surface area contributed by atoms with Crippen LogP contribution in [0.1, 0.15) is 29.3 Å². The SMILES string of the molecule is O=C(NCc1ccco1)N[C@@H]1CCc2cc(F)ccc21. The van der Waals surface area contributed by atoms with Crippen molar-refractivity contribution in [1.82, 2.24) is 10.6 Å². The molecule has 0 unspecified atom stereocenters. The van der Waals surface area contributed by atoms with Crippen molar-refractivity contribution in [1.29, 1.82) is 0 Å². The van der Waals surface area contributed by atoms with Crippen LogP contribution in [-0.2, 0) is 13.0 Å². The topological polar surface area (TPSA) is 54.3 Å². The molecule has 0 fully saturated rings. The van der Waals surface area contributed by atoms with Crippen LogP contribution in [0.3, 0.4) is 0 Å². The standard InChI is InChI=1S/C15H15FN2O2/c16-11-4-5-13-10(8-11)3-6-14(13)18-15(19)17-9-12-2-1-7-20-12/h1-2,4-5,7-8,14H,3,6,9H2,(H2,17,18,19)/t14-/m1/s1. The molecule has 0 saturated heterocycles. The number of furan rings is 1. The Morgan fingerprint density at radius 1 is 1.40 bits per heavy atom. The molecule has 1 heterocycles. The summed E-state index contributed by atoms with van der Waals surface area (Å²) in [4.78, 5) is 11.8. The van der Waals surface area contributed by atoms with E-state index in [0.29, 0.717) is 12.3 Å². The maximum atomic E-state index is 13.1. The van der Waals surface area contributed by atoms with Gasteiger partial charge in [0.1, 0.15) is 11.6 Å². The second-order valence-electron chi connectivity index (χ2n) is 4.84. The van der Waals surface area contributed by atoms with E-state index in [1.807, 2.05) is 0 Å². The fourth-order valence-corrected chi connectivity index (χ4v) is 2.53. The molecule has 1 atom stereocenters. The molecule has 20 heavy (non-hydrogen) atoms. The summed E-state index contributed by atoms with van der Waals surface area (Å²) in [6.45, 7) is 0.349. The van der Waals surface area contributed by atoms with Crippen LogP contribution in [-0.4, -0.2) is 6.03 Å². The summed E-state index contributed by atoms with van der Waals surface area (Å²) in [5, 5.41) is 5.64.